The lowest BCUT2D eigenvalue weighted by Crippen LogP contribution is -2.08. The van der Waals surface area contributed by atoms with Crippen LogP contribution in [0.2, 0.25) is 5.02 Å². The van der Waals surface area contributed by atoms with Gasteiger partial charge in [-0.25, -0.2) is 4.39 Å². The number of H-pyrrole nitrogens is 1. The third kappa shape index (κ3) is 1.83. The summed E-state index contributed by atoms with van der Waals surface area (Å²) in [4.78, 5) is 15.0. The highest BCUT2D eigenvalue weighted by Gasteiger charge is 2.19. The molecule has 1 aromatic carbocycles. The highest BCUT2D eigenvalue weighted by molar-refractivity contribution is 6.31. The van der Waals surface area contributed by atoms with Gasteiger partial charge in [0, 0.05) is 17.1 Å². The molecule has 0 saturated heterocycles. The van der Waals surface area contributed by atoms with Gasteiger partial charge in [-0.1, -0.05) is 24.4 Å². The highest BCUT2D eigenvalue weighted by Crippen LogP contribution is 2.33. The number of hydrogen-bond donors (Lipinski definition) is 1. The molecule has 1 aromatic heterocycles. The molecule has 1 N–H and O–H groups in total. The summed E-state index contributed by atoms with van der Waals surface area (Å²) in [5.41, 5.74) is 0.935. The molecule has 0 spiro atoms. The number of halogens is 2. The lowest BCUT2D eigenvalue weighted by Gasteiger charge is -2.11. The van der Waals surface area contributed by atoms with E-state index < -0.39 is 5.82 Å². The number of rotatable bonds is 1. The number of hydrogen-bond acceptors (Lipinski definition) is 1. The van der Waals surface area contributed by atoms with E-state index in [1.807, 2.05) is 0 Å². The van der Waals surface area contributed by atoms with E-state index in [0.29, 0.717) is 11.3 Å². The van der Waals surface area contributed by atoms with Gasteiger partial charge in [-0.05, 0) is 30.9 Å². The minimum atomic E-state index is -0.536. The van der Waals surface area contributed by atoms with Gasteiger partial charge in [0.1, 0.15) is 0 Å². The molecule has 0 bridgehead atoms. The van der Waals surface area contributed by atoms with Gasteiger partial charge in [0.2, 0.25) is 0 Å². The zero-order chi connectivity index (χ0) is 12.7. The van der Waals surface area contributed by atoms with Crippen LogP contribution in [0, 0.1) is 5.82 Å². The number of benzene rings is 1. The molecule has 2 aromatic rings. The summed E-state index contributed by atoms with van der Waals surface area (Å²) in [6, 6.07) is 4.59. The molecule has 0 aliphatic heterocycles. The summed E-state index contributed by atoms with van der Waals surface area (Å²) in [5.74, 6) is -0.188. The average molecular weight is 266 g/mol. The second-order valence-electron chi connectivity index (χ2n) is 4.85. The van der Waals surface area contributed by atoms with Crippen LogP contribution in [0.15, 0.2) is 23.0 Å². The lowest BCUT2D eigenvalue weighted by molar-refractivity contribution is 0.633. The van der Waals surface area contributed by atoms with Crippen LogP contribution < -0.4 is 5.43 Å². The van der Waals surface area contributed by atoms with Gasteiger partial charge in [-0.3, -0.25) is 4.79 Å². The second-order valence-corrected chi connectivity index (χ2v) is 5.26. The minimum absolute atomic E-state index is 0.0433. The Labute approximate surface area is 109 Å². The van der Waals surface area contributed by atoms with Crippen molar-refractivity contribution in [3.8, 4) is 0 Å². The van der Waals surface area contributed by atoms with Gasteiger partial charge in [-0.15, -0.1) is 0 Å². The van der Waals surface area contributed by atoms with E-state index in [9.17, 15) is 9.18 Å². The normalized spacial score (nSPS) is 16.6. The van der Waals surface area contributed by atoms with E-state index in [1.54, 1.807) is 12.1 Å². The lowest BCUT2D eigenvalue weighted by atomic mass is 10.0. The van der Waals surface area contributed by atoms with E-state index in [2.05, 4.69) is 4.98 Å². The van der Waals surface area contributed by atoms with E-state index in [0.717, 1.165) is 18.5 Å². The first-order chi connectivity index (χ1) is 8.66. The molecule has 0 amide bonds. The molecule has 4 heteroatoms. The van der Waals surface area contributed by atoms with Crippen molar-refractivity contribution in [3.63, 3.8) is 0 Å². The Morgan fingerprint density at radius 1 is 1.28 bits per heavy atom. The van der Waals surface area contributed by atoms with Crippen LogP contribution >= 0.6 is 11.6 Å². The van der Waals surface area contributed by atoms with Crippen molar-refractivity contribution in [2.24, 2.45) is 0 Å². The van der Waals surface area contributed by atoms with E-state index >= 15 is 0 Å². The summed E-state index contributed by atoms with van der Waals surface area (Å²) < 4.78 is 13.9. The minimum Gasteiger partial charge on any atom is -0.356 e. The summed E-state index contributed by atoms with van der Waals surface area (Å²) >= 11 is 5.75. The van der Waals surface area contributed by atoms with Crippen molar-refractivity contribution < 1.29 is 4.39 Å². The fourth-order valence-corrected chi connectivity index (χ4v) is 2.89. The number of aromatic nitrogens is 1. The molecular formula is C14H13ClFNO. The SMILES string of the molecule is O=c1cc(C2CCCC2)[nH]c2c(F)c(Cl)ccc12. The van der Waals surface area contributed by atoms with E-state index in [1.165, 1.54) is 18.9 Å². The van der Waals surface area contributed by atoms with Gasteiger partial charge >= 0.3 is 0 Å². The fraction of sp³-hybridized carbons (Fsp3) is 0.357. The first-order valence-corrected chi connectivity index (χ1v) is 6.55. The summed E-state index contributed by atoms with van der Waals surface area (Å²) in [6.45, 7) is 0. The van der Waals surface area contributed by atoms with Crippen LogP contribution in [0.3, 0.4) is 0 Å². The van der Waals surface area contributed by atoms with E-state index in [-0.39, 0.29) is 16.0 Å². The maximum absolute atomic E-state index is 13.9. The molecule has 1 saturated carbocycles. The molecule has 2 nitrogen and oxygen atoms in total. The first kappa shape index (κ1) is 11.7. The van der Waals surface area contributed by atoms with Crippen molar-refractivity contribution in [2.75, 3.05) is 0 Å². The quantitative estimate of drug-likeness (QED) is 0.831. The van der Waals surface area contributed by atoms with Crippen molar-refractivity contribution in [2.45, 2.75) is 31.6 Å². The van der Waals surface area contributed by atoms with Gasteiger partial charge in [0.25, 0.3) is 0 Å². The van der Waals surface area contributed by atoms with Gasteiger partial charge in [0.05, 0.1) is 10.5 Å². The number of fused-ring (bicyclic) bond motifs is 1. The van der Waals surface area contributed by atoms with Gasteiger partial charge < -0.3 is 4.98 Å². The molecule has 0 unspecified atom stereocenters. The van der Waals surface area contributed by atoms with Crippen LogP contribution in [0.5, 0.6) is 0 Å². The molecule has 1 fully saturated rings. The van der Waals surface area contributed by atoms with Crippen LogP contribution in [-0.2, 0) is 0 Å². The zero-order valence-corrected chi connectivity index (χ0v) is 10.6. The van der Waals surface area contributed by atoms with Crippen molar-refractivity contribution in [1.82, 2.24) is 4.98 Å². The predicted molar refractivity (Wildman–Crippen MR) is 70.7 cm³/mol. The first-order valence-electron chi connectivity index (χ1n) is 6.18. The van der Waals surface area contributed by atoms with Crippen molar-refractivity contribution >= 4 is 22.5 Å². The zero-order valence-electron chi connectivity index (χ0n) is 9.80. The largest absolute Gasteiger partial charge is 0.356 e. The average Bonchev–Trinajstić information content (AvgIpc) is 2.88. The van der Waals surface area contributed by atoms with Crippen molar-refractivity contribution in [1.29, 1.82) is 0 Å². The van der Waals surface area contributed by atoms with Gasteiger partial charge in [-0.2, -0.15) is 0 Å². The Hall–Kier alpha value is -1.35. The molecule has 1 aliphatic rings. The molecule has 1 aliphatic carbocycles. The third-order valence-corrected chi connectivity index (χ3v) is 4.00. The predicted octanol–water partition coefficient (Wildman–Crippen LogP) is 3.98. The Bertz CT molecular complexity index is 659. The van der Waals surface area contributed by atoms with Crippen LogP contribution in [-0.4, -0.2) is 4.98 Å². The topological polar surface area (TPSA) is 32.9 Å². The molecule has 3 rings (SSSR count). The van der Waals surface area contributed by atoms with Gasteiger partial charge in [0.15, 0.2) is 11.2 Å². The molecule has 18 heavy (non-hydrogen) atoms. The molecular weight excluding hydrogens is 253 g/mol. The summed E-state index contributed by atoms with van der Waals surface area (Å²) in [5, 5.41) is 0.403. The molecule has 0 radical (unpaired) electrons. The fourth-order valence-electron chi connectivity index (χ4n) is 2.73. The summed E-state index contributed by atoms with van der Waals surface area (Å²) in [6.07, 6.45) is 4.46. The Balaban J connectivity index is 2.24. The number of aromatic amines is 1. The third-order valence-electron chi connectivity index (χ3n) is 3.71. The maximum atomic E-state index is 13.9. The number of pyridine rings is 1. The Kier molecular flexibility index (Phi) is 2.86. The van der Waals surface area contributed by atoms with Crippen molar-refractivity contribution in [3.05, 3.63) is 45.0 Å². The second kappa shape index (κ2) is 4.39. The molecule has 1 heterocycles. The van der Waals surface area contributed by atoms with Crippen LogP contribution in [0.25, 0.3) is 10.9 Å². The Morgan fingerprint density at radius 3 is 2.72 bits per heavy atom. The standard InChI is InChI=1S/C14H13ClFNO/c15-10-6-5-9-12(18)7-11(8-3-1-2-4-8)17-14(9)13(10)16/h5-8H,1-4H2,(H,17,18). The van der Waals surface area contributed by atoms with Crippen LogP contribution in [0.4, 0.5) is 4.39 Å². The van der Waals surface area contributed by atoms with Crippen LogP contribution in [0.1, 0.15) is 37.3 Å². The van der Waals surface area contributed by atoms with E-state index in [4.69, 9.17) is 11.6 Å². The molecule has 94 valence electrons. The Morgan fingerprint density at radius 2 is 2.00 bits per heavy atom. The summed E-state index contributed by atoms with van der Waals surface area (Å²) in [7, 11) is 0. The monoisotopic (exact) mass is 265 g/mol. The molecule has 0 atom stereocenters. The smallest absolute Gasteiger partial charge is 0.189 e. The maximum Gasteiger partial charge on any atom is 0.189 e. The highest BCUT2D eigenvalue weighted by atomic mass is 35.5. The number of nitrogens with one attached hydrogen (secondary N) is 1.